The molecule has 69 valence electrons. The number of ketones is 1. The molecule has 1 radical (unpaired) electrons. The van der Waals surface area contributed by atoms with Crippen LogP contribution in [0, 0.1) is 6.20 Å². The van der Waals surface area contributed by atoms with E-state index in [4.69, 9.17) is 5.73 Å². The minimum Gasteiger partial charge on any atom is -0.383 e. The van der Waals surface area contributed by atoms with Crippen molar-refractivity contribution in [2.45, 2.75) is 6.18 Å². The highest BCUT2D eigenvalue weighted by Crippen LogP contribution is 2.23. The lowest BCUT2D eigenvalue weighted by Gasteiger charge is -2.05. The van der Waals surface area contributed by atoms with Crippen molar-refractivity contribution in [2.24, 2.45) is 0 Å². The summed E-state index contributed by atoms with van der Waals surface area (Å²) < 4.78 is 35.6. The number of hydrogen-bond acceptors (Lipinski definition) is 3. The summed E-state index contributed by atoms with van der Waals surface area (Å²) in [6, 6.07) is 2.02. The minimum atomic E-state index is -4.92. The molecule has 1 aromatic rings. The fourth-order valence-electron chi connectivity index (χ4n) is 0.718. The normalized spacial score (nSPS) is 11.3. The number of nitrogen functional groups attached to an aromatic ring is 1. The fourth-order valence-corrected chi connectivity index (χ4v) is 0.718. The lowest BCUT2D eigenvalue weighted by molar-refractivity contribution is -0.0884. The average molecular weight is 189 g/mol. The van der Waals surface area contributed by atoms with Crippen LogP contribution in [-0.4, -0.2) is 16.9 Å². The van der Waals surface area contributed by atoms with E-state index in [-0.39, 0.29) is 0 Å². The van der Waals surface area contributed by atoms with E-state index in [0.717, 1.165) is 12.1 Å². The van der Waals surface area contributed by atoms with Crippen LogP contribution in [-0.2, 0) is 0 Å². The van der Waals surface area contributed by atoms with Gasteiger partial charge in [0.15, 0.2) is 0 Å². The SMILES string of the molecule is Nc1n[c]ccc1C(=O)C(F)(F)F. The molecule has 1 rings (SSSR count). The number of nitrogens with zero attached hydrogens (tertiary/aromatic N) is 1. The number of hydrogen-bond donors (Lipinski definition) is 1. The molecule has 0 saturated heterocycles. The molecule has 0 unspecified atom stereocenters. The first kappa shape index (κ1) is 9.50. The van der Waals surface area contributed by atoms with Gasteiger partial charge in [-0.25, -0.2) is 4.98 Å². The highest BCUT2D eigenvalue weighted by atomic mass is 19.4. The van der Waals surface area contributed by atoms with Crippen molar-refractivity contribution in [1.82, 2.24) is 4.98 Å². The van der Waals surface area contributed by atoms with Crippen LogP contribution < -0.4 is 5.73 Å². The van der Waals surface area contributed by atoms with Crippen LogP contribution >= 0.6 is 0 Å². The summed E-state index contributed by atoms with van der Waals surface area (Å²) in [6.07, 6.45) is -2.71. The number of nitrogens with two attached hydrogens (primary N) is 1. The van der Waals surface area contributed by atoms with E-state index < -0.39 is 23.3 Å². The number of halogens is 3. The van der Waals surface area contributed by atoms with Crippen molar-refractivity contribution in [3.05, 3.63) is 23.9 Å². The average Bonchev–Trinajstić information content (AvgIpc) is 2.02. The predicted molar refractivity (Wildman–Crippen MR) is 37.9 cm³/mol. The number of aromatic nitrogens is 1. The van der Waals surface area contributed by atoms with Crippen molar-refractivity contribution in [1.29, 1.82) is 0 Å². The maximum atomic E-state index is 11.9. The topological polar surface area (TPSA) is 56.0 Å². The molecule has 0 aliphatic heterocycles. The minimum absolute atomic E-state index is 0.468. The molecule has 0 aromatic carbocycles. The van der Waals surface area contributed by atoms with Gasteiger partial charge in [0.2, 0.25) is 0 Å². The zero-order chi connectivity index (χ0) is 10.1. The summed E-state index contributed by atoms with van der Waals surface area (Å²) in [5.74, 6) is -2.46. The van der Waals surface area contributed by atoms with Crippen molar-refractivity contribution in [2.75, 3.05) is 5.73 Å². The summed E-state index contributed by atoms with van der Waals surface area (Å²) in [5, 5.41) is 0. The first-order valence-electron chi connectivity index (χ1n) is 3.17. The molecule has 0 bridgehead atoms. The molecule has 0 fully saturated rings. The molecule has 0 saturated carbocycles. The fraction of sp³-hybridized carbons (Fsp3) is 0.143. The van der Waals surface area contributed by atoms with E-state index in [1.165, 1.54) is 0 Å². The van der Waals surface area contributed by atoms with Crippen molar-refractivity contribution < 1.29 is 18.0 Å². The number of carbonyl (C=O) groups is 1. The van der Waals surface area contributed by atoms with Gasteiger partial charge >= 0.3 is 6.18 Å². The standard InChI is InChI=1S/C7H4F3N2O/c8-7(9,10)5(13)4-2-1-3-12-6(4)11/h1-2H,(H2,11,12). The molecule has 2 N–H and O–H groups in total. The molecule has 13 heavy (non-hydrogen) atoms. The van der Waals surface area contributed by atoms with E-state index in [1.54, 1.807) is 0 Å². The summed E-state index contributed by atoms with van der Waals surface area (Å²) in [5.41, 5.74) is 4.41. The number of Topliss-reactive ketones (excluding diaryl/α,β-unsaturated/α-hetero) is 1. The van der Waals surface area contributed by atoms with Gasteiger partial charge in [0.05, 0.1) is 11.8 Å². The highest BCUT2D eigenvalue weighted by Gasteiger charge is 2.40. The number of anilines is 1. The van der Waals surface area contributed by atoms with Crippen LogP contribution in [0.15, 0.2) is 12.1 Å². The molecule has 0 atom stereocenters. The summed E-state index contributed by atoms with van der Waals surface area (Å²) >= 11 is 0. The quantitative estimate of drug-likeness (QED) is 0.675. The Labute approximate surface area is 71.4 Å². The van der Waals surface area contributed by atoms with Crippen molar-refractivity contribution in [3.63, 3.8) is 0 Å². The van der Waals surface area contributed by atoms with Gasteiger partial charge in [0.1, 0.15) is 5.82 Å². The molecule has 3 nitrogen and oxygen atoms in total. The van der Waals surface area contributed by atoms with Crippen LogP contribution in [0.25, 0.3) is 0 Å². The lowest BCUT2D eigenvalue weighted by Crippen LogP contribution is -2.24. The zero-order valence-electron chi connectivity index (χ0n) is 6.22. The lowest BCUT2D eigenvalue weighted by atomic mass is 10.1. The zero-order valence-corrected chi connectivity index (χ0v) is 6.22. The molecular weight excluding hydrogens is 185 g/mol. The van der Waals surface area contributed by atoms with Crippen LogP contribution in [0.3, 0.4) is 0 Å². The Hall–Kier alpha value is -1.59. The second-order valence-corrected chi connectivity index (χ2v) is 2.20. The van der Waals surface area contributed by atoms with E-state index >= 15 is 0 Å². The number of rotatable bonds is 1. The third kappa shape index (κ3) is 1.95. The van der Waals surface area contributed by atoms with E-state index in [0.29, 0.717) is 0 Å². The Morgan fingerprint density at radius 2 is 2.15 bits per heavy atom. The van der Waals surface area contributed by atoms with Gasteiger partial charge in [-0.05, 0) is 12.1 Å². The molecule has 1 heterocycles. The largest absolute Gasteiger partial charge is 0.455 e. The molecule has 6 heteroatoms. The number of pyridine rings is 1. The molecule has 0 spiro atoms. The third-order valence-corrected chi connectivity index (χ3v) is 1.29. The van der Waals surface area contributed by atoms with Gasteiger partial charge in [-0.2, -0.15) is 13.2 Å². The van der Waals surface area contributed by atoms with Gasteiger partial charge in [-0.1, -0.05) is 0 Å². The monoisotopic (exact) mass is 189 g/mol. The molecule has 0 aliphatic rings. The summed E-state index contributed by atoms with van der Waals surface area (Å²) in [6.45, 7) is 0. The first-order valence-corrected chi connectivity index (χ1v) is 3.17. The van der Waals surface area contributed by atoms with E-state index in [1.807, 2.05) is 0 Å². The number of carbonyl (C=O) groups excluding carboxylic acids is 1. The van der Waals surface area contributed by atoms with Gasteiger partial charge in [0.25, 0.3) is 5.78 Å². The second kappa shape index (κ2) is 3.04. The van der Waals surface area contributed by atoms with Crippen LogP contribution in [0.1, 0.15) is 10.4 Å². The number of alkyl halides is 3. The van der Waals surface area contributed by atoms with Crippen LogP contribution in [0.2, 0.25) is 0 Å². The molecule has 0 aliphatic carbocycles. The third-order valence-electron chi connectivity index (χ3n) is 1.29. The Bertz CT molecular complexity index is 335. The van der Waals surface area contributed by atoms with E-state index in [9.17, 15) is 18.0 Å². The van der Waals surface area contributed by atoms with Gasteiger partial charge in [-0.3, -0.25) is 4.79 Å². The Morgan fingerprint density at radius 3 is 2.62 bits per heavy atom. The predicted octanol–water partition coefficient (Wildman–Crippen LogP) is 1.21. The smallest absolute Gasteiger partial charge is 0.383 e. The highest BCUT2D eigenvalue weighted by molar-refractivity contribution is 6.03. The van der Waals surface area contributed by atoms with Gasteiger partial charge < -0.3 is 5.73 Å². The molecule has 1 aromatic heterocycles. The van der Waals surface area contributed by atoms with Gasteiger partial charge in [-0.15, -0.1) is 0 Å². The Kier molecular flexibility index (Phi) is 2.22. The molecule has 0 amide bonds. The van der Waals surface area contributed by atoms with E-state index in [2.05, 4.69) is 11.2 Å². The second-order valence-electron chi connectivity index (χ2n) is 2.20. The van der Waals surface area contributed by atoms with Crippen molar-refractivity contribution in [3.8, 4) is 0 Å². The Morgan fingerprint density at radius 1 is 1.54 bits per heavy atom. The Balaban J connectivity index is 3.10. The van der Waals surface area contributed by atoms with Crippen LogP contribution in [0.5, 0.6) is 0 Å². The summed E-state index contributed by atoms with van der Waals surface area (Å²) in [7, 11) is 0. The van der Waals surface area contributed by atoms with Gasteiger partial charge in [0, 0.05) is 0 Å². The maximum absolute atomic E-state index is 11.9. The van der Waals surface area contributed by atoms with Crippen molar-refractivity contribution >= 4 is 11.6 Å². The molecular formula is C7H4F3N2O. The summed E-state index contributed by atoms with van der Waals surface area (Å²) in [4.78, 5) is 13.9. The maximum Gasteiger partial charge on any atom is 0.455 e. The van der Waals surface area contributed by atoms with Crippen LogP contribution in [0.4, 0.5) is 19.0 Å². The first-order chi connectivity index (χ1) is 5.93.